The predicted molar refractivity (Wildman–Crippen MR) is 62.2 cm³/mol. The summed E-state index contributed by atoms with van der Waals surface area (Å²) in [7, 11) is 0. The molecule has 0 atom stereocenters. The van der Waals surface area contributed by atoms with Gasteiger partial charge in [-0.1, -0.05) is 42.4 Å². The maximum atomic E-state index is 5.36. The third-order valence-corrected chi connectivity index (χ3v) is 2.48. The monoisotopic (exact) mass is 227 g/mol. The molecule has 0 amide bonds. The molecule has 0 radical (unpaired) electrons. The average molecular weight is 227 g/mol. The maximum Gasteiger partial charge on any atom is 0.294 e. The van der Waals surface area contributed by atoms with Crippen molar-refractivity contribution >= 4 is 11.3 Å². The molecule has 84 valence electrons. The van der Waals surface area contributed by atoms with Gasteiger partial charge < -0.3 is 10.1 Å². The van der Waals surface area contributed by atoms with E-state index in [1.54, 1.807) is 0 Å². The van der Waals surface area contributed by atoms with E-state index in [9.17, 15) is 0 Å². The van der Waals surface area contributed by atoms with Crippen molar-refractivity contribution in [3.05, 3.63) is 17.2 Å². The normalized spacial score (nSPS) is 11.5. The predicted octanol–water partition coefficient (Wildman–Crippen LogP) is 1.99. The molecule has 5 heteroatoms. The van der Waals surface area contributed by atoms with E-state index in [4.69, 9.17) is 4.74 Å². The van der Waals surface area contributed by atoms with Crippen molar-refractivity contribution in [1.29, 1.82) is 0 Å². The molecule has 1 heterocycles. The molecule has 1 rings (SSSR count). The molecule has 0 bridgehead atoms. The molecular formula is C10H17N3OS. The summed E-state index contributed by atoms with van der Waals surface area (Å²) in [4.78, 5) is 0. The summed E-state index contributed by atoms with van der Waals surface area (Å²) < 4.78 is 5.36. The van der Waals surface area contributed by atoms with Crippen LogP contribution in [-0.4, -0.2) is 22.8 Å². The van der Waals surface area contributed by atoms with Crippen molar-refractivity contribution in [3.8, 4) is 5.19 Å². The number of hydrogen-bond donors (Lipinski definition) is 1. The number of aromatic nitrogens is 2. The summed E-state index contributed by atoms with van der Waals surface area (Å²) in [6, 6.07) is 0.460. The van der Waals surface area contributed by atoms with Crippen molar-refractivity contribution in [1.82, 2.24) is 15.5 Å². The number of ether oxygens (including phenoxy) is 1. The maximum absolute atomic E-state index is 5.36. The van der Waals surface area contributed by atoms with Crippen LogP contribution < -0.4 is 10.1 Å². The lowest BCUT2D eigenvalue weighted by Gasteiger charge is -2.03. The molecule has 1 aromatic heterocycles. The molecule has 0 fully saturated rings. The number of hydrogen-bond acceptors (Lipinski definition) is 5. The Hall–Kier alpha value is -0.940. The fourth-order valence-corrected chi connectivity index (χ4v) is 1.52. The standard InChI is InChI=1S/C10H17N3OS/c1-4-5-6-14-10-13-12-9(15-10)7-11-8(2)3/h4-5,8,11H,6-7H2,1-3H3/b5-4+. The molecular weight excluding hydrogens is 210 g/mol. The van der Waals surface area contributed by atoms with Gasteiger partial charge in [-0.15, -0.1) is 5.10 Å². The zero-order valence-electron chi connectivity index (χ0n) is 9.36. The van der Waals surface area contributed by atoms with E-state index in [0.717, 1.165) is 11.6 Å². The van der Waals surface area contributed by atoms with Crippen LogP contribution in [0.4, 0.5) is 0 Å². The Bertz CT molecular complexity index is 309. The van der Waals surface area contributed by atoms with Gasteiger partial charge in [0.15, 0.2) is 0 Å². The van der Waals surface area contributed by atoms with Gasteiger partial charge in [0.1, 0.15) is 11.6 Å². The van der Waals surface area contributed by atoms with Crippen molar-refractivity contribution in [2.45, 2.75) is 33.4 Å². The molecule has 0 aliphatic carbocycles. The first-order valence-corrected chi connectivity index (χ1v) is 5.83. The molecule has 0 aromatic carbocycles. The molecule has 0 aliphatic rings. The number of nitrogens with zero attached hydrogens (tertiary/aromatic N) is 2. The second-order valence-corrected chi connectivity index (χ2v) is 4.40. The van der Waals surface area contributed by atoms with Crippen LogP contribution in [0.15, 0.2) is 12.2 Å². The molecule has 0 aliphatic heterocycles. The summed E-state index contributed by atoms with van der Waals surface area (Å²) in [5.74, 6) is 0. The second-order valence-electron chi connectivity index (χ2n) is 3.38. The number of allylic oxidation sites excluding steroid dienone is 1. The average Bonchev–Trinajstić information content (AvgIpc) is 2.63. The van der Waals surface area contributed by atoms with Crippen LogP contribution in [0.2, 0.25) is 0 Å². The molecule has 0 unspecified atom stereocenters. The van der Waals surface area contributed by atoms with Gasteiger partial charge >= 0.3 is 0 Å². The Kier molecular flexibility index (Phi) is 5.28. The van der Waals surface area contributed by atoms with Crippen LogP contribution in [0, 0.1) is 0 Å². The first kappa shape index (κ1) is 12.1. The lowest BCUT2D eigenvalue weighted by Crippen LogP contribution is -2.21. The van der Waals surface area contributed by atoms with E-state index in [2.05, 4.69) is 29.4 Å². The van der Waals surface area contributed by atoms with Crippen molar-refractivity contribution in [3.63, 3.8) is 0 Å². The smallest absolute Gasteiger partial charge is 0.294 e. The minimum absolute atomic E-state index is 0.460. The van der Waals surface area contributed by atoms with Gasteiger partial charge in [0.25, 0.3) is 5.19 Å². The van der Waals surface area contributed by atoms with Gasteiger partial charge in [-0.3, -0.25) is 0 Å². The van der Waals surface area contributed by atoms with Crippen molar-refractivity contribution < 1.29 is 4.74 Å². The first-order chi connectivity index (χ1) is 7.22. The van der Waals surface area contributed by atoms with Crippen LogP contribution in [-0.2, 0) is 6.54 Å². The quantitative estimate of drug-likeness (QED) is 0.755. The van der Waals surface area contributed by atoms with Gasteiger partial charge in [-0.25, -0.2) is 0 Å². The summed E-state index contributed by atoms with van der Waals surface area (Å²) in [5, 5.41) is 12.8. The molecule has 0 saturated carbocycles. The van der Waals surface area contributed by atoms with Gasteiger partial charge in [0, 0.05) is 6.04 Å². The third-order valence-electron chi connectivity index (χ3n) is 1.65. The molecule has 1 aromatic rings. The van der Waals surface area contributed by atoms with Crippen LogP contribution >= 0.6 is 11.3 Å². The van der Waals surface area contributed by atoms with Crippen LogP contribution in [0.1, 0.15) is 25.8 Å². The minimum atomic E-state index is 0.460. The van der Waals surface area contributed by atoms with Gasteiger partial charge in [0.05, 0.1) is 6.54 Å². The van der Waals surface area contributed by atoms with Crippen LogP contribution in [0.3, 0.4) is 0 Å². The molecule has 0 spiro atoms. The fraction of sp³-hybridized carbons (Fsp3) is 0.600. The Morgan fingerprint density at radius 1 is 1.47 bits per heavy atom. The zero-order valence-corrected chi connectivity index (χ0v) is 10.2. The molecule has 15 heavy (non-hydrogen) atoms. The van der Waals surface area contributed by atoms with Crippen LogP contribution in [0.25, 0.3) is 0 Å². The van der Waals surface area contributed by atoms with E-state index in [1.165, 1.54) is 11.3 Å². The van der Waals surface area contributed by atoms with E-state index < -0.39 is 0 Å². The molecule has 1 N–H and O–H groups in total. The third kappa shape index (κ3) is 4.90. The molecule has 4 nitrogen and oxygen atoms in total. The van der Waals surface area contributed by atoms with Crippen molar-refractivity contribution in [2.75, 3.05) is 6.61 Å². The Balaban J connectivity index is 2.35. The lowest BCUT2D eigenvalue weighted by atomic mass is 10.4. The highest BCUT2D eigenvalue weighted by Crippen LogP contribution is 2.17. The zero-order chi connectivity index (χ0) is 11.1. The topological polar surface area (TPSA) is 47.0 Å². The largest absolute Gasteiger partial charge is 0.465 e. The summed E-state index contributed by atoms with van der Waals surface area (Å²) in [6.45, 7) is 7.47. The summed E-state index contributed by atoms with van der Waals surface area (Å²) in [5.41, 5.74) is 0. The Morgan fingerprint density at radius 3 is 2.93 bits per heavy atom. The highest BCUT2D eigenvalue weighted by molar-refractivity contribution is 7.13. The van der Waals surface area contributed by atoms with E-state index >= 15 is 0 Å². The molecule has 0 saturated heterocycles. The van der Waals surface area contributed by atoms with Crippen molar-refractivity contribution in [2.24, 2.45) is 0 Å². The van der Waals surface area contributed by atoms with Crippen LogP contribution in [0.5, 0.6) is 5.19 Å². The summed E-state index contributed by atoms with van der Waals surface area (Å²) >= 11 is 1.48. The van der Waals surface area contributed by atoms with Gasteiger partial charge in [0.2, 0.25) is 0 Å². The van der Waals surface area contributed by atoms with E-state index in [-0.39, 0.29) is 0 Å². The summed E-state index contributed by atoms with van der Waals surface area (Å²) in [6.07, 6.45) is 3.88. The Labute approximate surface area is 94.4 Å². The lowest BCUT2D eigenvalue weighted by molar-refractivity contribution is 0.357. The van der Waals surface area contributed by atoms with Gasteiger partial charge in [-0.05, 0) is 6.92 Å². The highest BCUT2D eigenvalue weighted by Gasteiger charge is 2.04. The van der Waals surface area contributed by atoms with Gasteiger partial charge in [-0.2, -0.15) is 0 Å². The number of nitrogens with one attached hydrogen (secondary N) is 1. The SMILES string of the molecule is C/C=C/COc1nnc(CNC(C)C)s1. The fourth-order valence-electron chi connectivity index (χ4n) is 0.875. The van der Waals surface area contributed by atoms with E-state index in [1.807, 2.05) is 19.1 Å². The number of rotatable bonds is 6. The highest BCUT2D eigenvalue weighted by atomic mass is 32.1. The second kappa shape index (κ2) is 6.53. The minimum Gasteiger partial charge on any atom is -0.465 e. The first-order valence-electron chi connectivity index (χ1n) is 5.02. The Morgan fingerprint density at radius 2 is 2.27 bits per heavy atom. The van der Waals surface area contributed by atoms with E-state index in [0.29, 0.717) is 17.8 Å².